The van der Waals surface area contributed by atoms with Crippen molar-refractivity contribution in [3.63, 3.8) is 0 Å². The van der Waals surface area contributed by atoms with Crippen molar-refractivity contribution in [2.75, 3.05) is 6.54 Å². The van der Waals surface area contributed by atoms with Gasteiger partial charge >= 0.3 is 0 Å². The van der Waals surface area contributed by atoms with Crippen molar-refractivity contribution in [3.8, 4) is 5.75 Å². The fourth-order valence-corrected chi connectivity index (χ4v) is 2.14. The maximum atomic E-state index is 5.96. The molecule has 112 valence electrons. The second-order valence-corrected chi connectivity index (χ2v) is 5.86. The molecule has 3 nitrogen and oxygen atoms in total. The van der Waals surface area contributed by atoms with Crippen LogP contribution >= 0.6 is 11.6 Å². The van der Waals surface area contributed by atoms with Gasteiger partial charge in [0.1, 0.15) is 12.4 Å². The van der Waals surface area contributed by atoms with Crippen molar-refractivity contribution in [1.82, 2.24) is 10.3 Å². The molecule has 1 aromatic heterocycles. The lowest BCUT2D eigenvalue weighted by molar-refractivity contribution is 0.305. The highest BCUT2D eigenvalue weighted by Gasteiger charge is 2.01. The van der Waals surface area contributed by atoms with Crippen molar-refractivity contribution >= 4 is 11.6 Å². The van der Waals surface area contributed by atoms with Crippen LogP contribution in [0, 0.1) is 5.92 Å². The van der Waals surface area contributed by atoms with Gasteiger partial charge in [-0.25, -0.2) is 0 Å². The summed E-state index contributed by atoms with van der Waals surface area (Å²) in [7, 11) is 0. The summed E-state index contributed by atoms with van der Waals surface area (Å²) >= 11 is 5.96. The molecule has 0 spiro atoms. The van der Waals surface area contributed by atoms with E-state index in [0.29, 0.717) is 12.5 Å². The SMILES string of the molecule is CC(C)CNCc1cc(OCc2cccc(Cl)c2)ccn1. The highest BCUT2D eigenvalue weighted by atomic mass is 35.5. The van der Waals surface area contributed by atoms with Gasteiger partial charge in [0.2, 0.25) is 0 Å². The van der Waals surface area contributed by atoms with Crippen LogP contribution in [0.4, 0.5) is 0 Å². The molecule has 4 heteroatoms. The molecule has 0 unspecified atom stereocenters. The second-order valence-electron chi connectivity index (χ2n) is 5.43. The van der Waals surface area contributed by atoms with Gasteiger partial charge in [-0.15, -0.1) is 0 Å². The number of aromatic nitrogens is 1. The Kier molecular flexibility index (Phi) is 6.03. The van der Waals surface area contributed by atoms with E-state index in [1.54, 1.807) is 6.20 Å². The van der Waals surface area contributed by atoms with Crippen molar-refractivity contribution in [1.29, 1.82) is 0 Å². The van der Waals surface area contributed by atoms with E-state index in [1.807, 2.05) is 36.4 Å². The molecule has 1 N–H and O–H groups in total. The van der Waals surface area contributed by atoms with Gasteiger partial charge in [0.05, 0.1) is 5.69 Å². The fraction of sp³-hybridized carbons (Fsp3) is 0.353. The van der Waals surface area contributed by atoms with Crippen molar-refractivity contribution in [3.05, 3.63) is 58.9 Å². The molecule has 21 heavy (non-hydrogen) atoms. The molecule has 2 aromatic rings. The van der Waals surface area contributed by atoms with Gasteiger partial charge in [0, 0.05) is 23.8 Å². The number of pyridine rings is 1. The van der Waals surface area contributed by atoms with Gasteiger partial charge in [0.15, 0.2) is 0 Å². The molecule has 0 amide bonds. The molecule has 0 bridgehead atoms. The first kappa shape index (κ1) is 15.8. The minimum Gasteiger partial charge on any atom is -0.489 e. The molecule has 1 aromatic carbocycles. The number of hydrogen-bond donors (Lipinski definition) is 1. The number of nitrogens with zero attached hydrogens (tertiary/aromatic N) is 1. The lowest BCUT2D eigenvalue weighted by atomic mass is 10.2. The quantitative estimate of drug-likeness (QED) is 0.837. The summed E-state index contributed by atoms with van der Waals surface area (Å²) in [6.07, 6.45) is 1.78. The number of nitrogens with one attached hydrogen (secondary N) is 1. The average Bonchev–Trinajstić information content (AvgIpc) is 2.45. The van der Waals surface area contributed by atoms with E-state index in [9.17, 15) is 0 Å². The first-order valence-electron chi connectivity index (χ1n) is 7.16. The zero-order chi connectivity index (χ0) is 15.1. The fourth-order valence-electron chi connectivity index (χ4n) is 1.92. The molecule has 0 fully saturated rings. The highest BCUT2D eigenvalue weighted by molar-refractivity contribution is 6.30. The van der Waals surface area contributed by atoms with E-state index >= 15 is 0 Å². The van der Waals surface area contributed by atoms with Crippen LogP contribution in [0.5, 0.6) is 5.75 Å². The summed E-state index contributed by atoms with van der Waals surface area (Å²) in [4.78, 5) is 4.34. The molecule has 1 heterocycles. The number of ether oxygens (including phenoxy) is 1. The van der Waals surface area contributed by atoms with E-state index in [0.717, 1.165) is 35.1 Å². The van der Waals surface area contributed by atoms with Crippen LogP contribution in [0.15, 0.2) is 42.6 Å². The number of hydrogen-bond acceptors (Lipinski definition) is 3. The third-order valence-corrected chi connectivity index (χ3v) is 3.18. The third kappa shape index (κ3) is 5.74. The maximum absolute atomic E-state index is 5.96. The Labute approximate surface area is 131 Å². The van der Waals surface area contributed by atoms with Crippen LogP contribution in [0.25, 0.3) is 0 Å². The molecule has 2 rings (SSSR count). The lowest BCUT2D eigenvalue weighted by Gasteiger charge is -2.09. The van der Waals surface area contributed by atoms with Crippen molar-refractivity contribution in [2.45, 2.75) is 27.0 Å². The Morgan fingerprint density at radius 3 is 2.86 bits per heavy atom. The normalized spacial score (nSPS) is 10.9. The van der Waals surface area contributed by atoms with Crippen LogP contribution in [0.1, 0.15) is 25.1 Å². The first-order chi connectivity index (χ1) is 10.1. The lowest BCUT2D eigenvalue weighted by Crippen LogP contribution is -2.19. The van der Waals surface area contributed by atoms with Crippen LogP contribution in [-0.2, 0) is 13.2 Å². The van der Waals surface area contributed by atoms with Gasteiger partial charge in [-0.3, -0.25) is 4.98 Å². The molecule has 0 saturated carbocycles. The predicted octanol–water partition coefficient (Wildman–Crippen LogP) is 4.06. The predicted molar refractivity (Wildman–Crippen MR) is 86.6 cm³/mol. The van der Waals surface area contributed by atoms with Gasteiger partial charge < -0.3 is 10.1 Å². The first-order valence-corrected chi connectivity index (χ1v) is 7.54. The average molecular weight is 305 g/mol. The van der Waals surface area contributed by atoms with Gasteiger partial charge in [-0.05, 0) is 36.2 Å². The smallest absolute Gasteiger partial charge is 0.123 e. The Balaban J connectivity index is 1.88. The molecular formula is C17H21ClN2O. The largest absolute Gasteiger partial charge is 0.489 e. The summed E-state index contributed by atoms with van der Waals surface area (Å²) in [6.45, 7) is 6.61. The zero-order valence-corrected chi connectivity index (χ0v) is 13.2. The van der Waals surface area contributed by atoms with Crippen LogP contribution in [0.3, 0.4) is 0 Å². The van der Waals surface area contributed by atoms with Crippen LogP contribution in [-0.4, -0.2) is 11.5 Å². The van der Waals surface area contributed by atoms with E-state index in [2.05, 4.69) is 24.1 Å². The van der Waals surface area contributed by atoms with Gasteiger partial charge in [-0.2, -0.15) is 0 Å². The molecule has 0 aliphatic heterocycles. The summed E-state index contributed by atoms with van der Waals surface area (Å²) in [5.74, 6) is 1.46. The topological polar surface area (TPSA) is 34.1 Å². The van der Waals surface area contributed by atoms with Crippen LogP contribution in [0.2, 0.25) is 5.02 Å². The van der Waals surface area contributed by atoms with E-state index in [4.69, 9.17) is 16.3 Å². The van der Waals surface area contributed by atoms with Gasteiger partial charge in [-0.1, -0.05) is 37.6 Å². The molecule has 0 aliphatic carbocycles. The Morgan fingerprint density at radius 2 is 2.10 bits per heavy atom. The van der Waals surface area contributed by atoms with E-state index in [1.165, 1.54) is 0 Å². The van der Waals surface area contributed by atoms with E-state index in [-0.39, 0.29) is 0 Å². The second kappa shape index (κ2) is 8.01. The molecule has 0 saturated heterocycles. The number of benzene rings is 1. The molecule has 0 radical (unpaired) electrons. The Hall–Kier alpha value is -1.58. The minimum atomic E-state index is 0.503. The Bertz CT molecular complexity index is 572. The minimum absolute atomic E-state index is 0.503. The monoisotopic (exact) mass is 304 g/mol. The summed E-state index contributed by atoms with van der Waals surface area (Å²) in [6, 6.07) is 11.5. The third-order valence-electron chi connectivity index (χ3n) is 2.94. The summed E-state index contributed by atoms with van der Waals surface area (Å²) in [5, 5.41) is 4.10. The zero-order valence-electron chi connectivity index (χ0n) is 12.5. The maximum Gasteiger partial charge on any atom is 0.123 e. The Morgan fingerprint density at radius 1 is 1.24 bits per heavy atom. The van der Waals surface area contributed by atoms with Crippen molar-refractivity contribution in [2.24, 2.45) is 5.92 Å². The molecular weight excluding hydrogens is 284 g/mol. The standard InChI is InChI=1S/C17H21ClN2O/c1-13(2)10-19-11-16-9-17(6-7-20-16)21-12-14-4-3-5-15(18)8-14/h3-9,13,19H,10-12H2,1-2H3. The van der Waals surface area contributed by atoms with Crippen molar-refractivity contribution < 1.29 is 4.74 Å². The number of halogens is 1. The molecule has 0 aliphatic rings. The number of rotatable bonds is 7. The summed E-state index contributed by atoms with van der Waals surface area (Å²) in [5.41, 5.74) is 2.04. The molecule has 0 atom stereocenters. The summed E-state index contributed by atoms with van der Waals surface area (Å²) < 4.78 is 5.79. The highest BCUT2D eigenvalue weighted by Crippen LogP contribution is 2.15. The van der Waals surface area contributed by atoms with Crippen LogP contribution < -0.4 is 10.1 Å². The van der Waals surface area contributed by atoms with E-state index < -0.39 is 0 Å². The van der Waals surface area contributed by atoms with Gasteiger partial charge in [0.25, 0.3) is 0 Å².